The van der Waals surface area contributed by atoms with Crippen LogP contribution in [0, 0.1) is 0 Å². The zero-order valence-electron chi connectivity index (χ0n) is 11.0. The van der Waals surface area contributed by atoms with Crippen LogP contribution in [0.5, 0.6) is 0 Å². The Hall–Kier alpha value is -1.32. The molecule has 2 N–H and O–H groups in total. The average molecular weight is 324 g/mol. The molecule has 0 aliphatic carbocycles. The standard InChI is InChI=1S/C12H15F3N2O3S/c13-12(14,15)8-16-21(19,20)17-7-3-6-11(18)9-4-1-2-5-10(9)17/h1-2,4-5,11,16,18H,3,6-8H2. The second-order valence-corrected chi connectivity index (χ2v) is 6.41. The van der Waals surface area contributed by atoms with Gasteiger partial charge in [0, 0.05) is 12.1 Å². The molecule has 1 aromatic rings. The minimum Gasteiger partial charge on any atom is -0.388 e. The van der Waals surface area contributed by atoms with Crippen molar-refractivity contribution in [2.75, 3.05) is 17.4 Å². The lowest BCUT2D eigenvalue weighted by Gasteiger charge is -2.25. The highest BCUT2D eigenvalue weighted by Crippen LogP contribution is 2.33. The Kier molecular flexibility index (Phi) is 4.45. The van der Waals surface area contributed by atoms with Crippen molar-refractivity contribution in [3.63, 3.8) is 0 Å². The molecule has 0 saturated heterocycles. The van der Waals surface area contributed by atoms with E-state index in [-0.39, 0.29) is 12.2 Å². The summed E-state index contributed by atoms with van der Waals surface area (Å²) in [5.41, 5.74) is 0.601. The topological polar surface area (TPSA) is 69.6 Å². The molecule has 0 saturated carbocycles. The van der Waals surface area contributed by atoms with E-state index in [4.69, 9.17) is 0 Å². The van der Waals surface area contributed by atoms with Crippen molar-refractivity contribution in [3.05, 3.63) is 29.8 Å². The normalized spacial score (nSPS) is 20.0. The molecule has 21 heavy (non-hydrogen) atoms. The highest BCUT2D eigenvalue weighted by molar-refractivity contribution is 7.90. The molecule has 1 heterocycles. The van der Waals surface area contributed by atoms with Gasteiger partial charge in [-0.15, -0.1) is 0 Å². The first-order valence-corrected chi connectivity index (χ1v) is 7.76. The van der Waals surface area contributed by atoms with Crippen LogP contribution in [0.3, 0.4) is 0 Å². The van der Waals surface area contributed by atoms with E-state index >= 15 is 0 Å². The minimum atomic E-state index is -4.63. The van der Waals surface area contributed by atoms with Crippen LogP contribution >= 0.6 is 0 Å². The van der Waals surface area contributed by atoms with E-state index in [2.05, 4.69) is 0 Å². The third-order valence-electron chi connectivity index (χ3n) is 3.15. The zero-order chi connectivity index (χ0) is 15.7. The maximum Gasteiger partial charge on any atom is 0.402 e. The molecule has 0 radical (unpaired) electrons. The number of alkyl halides is 3. The summed E-state index contributed by atoms with van der Waals surface area (Å²) in [5.74, 6) is 0. The van der Waals surface area contributed by atoms with Crippen LogP contribution in [0.1, 0.15) is 24.5 Å². The molecule has 9 heteroatoms. The number of aliphatic hydroxyl groups is 1. The van der Waals surface area contributed by atoms with E-state index in [1.807, 2.05) is 0 Å². The third-order valence-corrected chi connectivity index (χ3v) is 4.62. The molecule has 1 atom stereocenters. The summed E-state index contributed by atoms with van der Waals surface area (Å²) < 4.78 is 63.2. The Morgan fingerprint density at radius 2 is 2.00 bits per heavy atom. The quantitative estimate of drug-likeness (QED) is 0.889. The van der Waals surface area contributed by atoms with E-state index in [0.717, 1.165) is 4.31 Å². The Morgan fingerprint density at radius 3 is 2.67 bits per heavy atom. The number of halogens is 3. The van der Waals surface area contributed by atoms with Gasteiger partial charge in [-0.25, -0.2) is 0 Å². The van der Waals surface area contributed by atoms with Crippen LogP contribution in [-0.4, -0.2) is 32.8 Å². The van der Waals surface area contributed by atoms with Gasteiger partial charge < -0.3 is 5.11 Å². The van der Waals surface area contributed by atoms with E-state index < -0.39 is 29.0 Å². The van der Waals surface area contributed by atoms with Crippen LogP contribution in [0.15, 0.2) is 24.3 Å². The average Bonchev–Trinajstić information content (AvgIpc) is 2.56. The van der Waals surface area contributed by atoms with E-state index in [1.165, 1.54) is 6.07 Å². The molecule has 0 fully saturated rings. The molecular weight excluding hydrogens is 309 g/mol. The fourth-order valence-corrected chi connectivity index (χ4v) is 3.50. The summed E-state index contributed by atoms with van der Waals surface area (Å²) >= 11 is 0. The first-order valence-electron chi connectivity index (χ1n) is 6.32. The predicted octanol–water partition coefficient (Wildman–Crippen LogP) is 1.72. The fraction of sp³-hybridized carbons (Fsp3) is 0.500. The molecule has 1 aromatic carbocycles. The lowest BCUT2D eigenvalue weighted by molar-refractivity contribution is -0.121. The molecule has 1 aliphatic rings. The largest absolute Gasteiger partial charge is 0.402 e. The Bertz CT molecular complexity index is 604. The highest BCUT2D eigenvalue weighted by Gasteiger charge is 2.34. The van der Waals surface area contributed by atoms with E-state index in [1.54, 1.807) is 22.9 Å². The number of fused-ring (bicyclic) bond motifs is 1. The molecule has 2 rings (SSSR count). The SMILES string of the molecule is O=S(=O)(NCC(F)(F)F)N1CCCC(O)c2ccccc21. The van der Waals surface area contributed by atoms with Gasteiger partial charge in [0.25, 0.3) is 0 Å². The van der Waals surface area contributed by atoms with Crippen LogP contribution in [0.25, 0.3) is 0 Å². The molecule has 0 aromatic heterocycles. The molecule has 118 valence electrons. The van der Waals surface area contributed by atoms with E-state index in [0.29, 0.717) is 18.4 Å². The van der Waals surface area contributed by atoms with Crippen molar-refractivity contribution in [2.45, 2.75) is 25.1 Å². The number of anilines is 1. The Balaban J connectivity index is 2.32. The Labute approximate surface area is 120 Å². The number of para-hydroxylation sites is 1. The summed E-state index contributed by atoms with van der Waals surface area (Å²) in [7, 11) is -4.32. The van der Waals surface area contributed by atoms with Gasteiger partial charge in [-0.2, -0.15) is 26.3 Å². The second-order valence-electron chi connectivity index (χ2n) is 4.73. The van der Waals surface area contributed by atoms with Crippen molar-refractivity contribution in [3.8, 4) is 0 Å². The molecular formula is C12H15F3N2O3S. The summed E-state index contributed by atoms with van der Waals surface area (Å²) in [5, 5.41) is 9.96. The van der Waals surface area contributed by atoms with Crippen molar-refractivity contribution >= 4 is 15.9 Å². The Morgan fingerprint density at radius 1 is 1.33 bits per heavy atom. The van der Waals surface area contributed by atoms with Crippen LogP contribution in [-0.2, 0) is 10.2 Å². The van der Waals surface area contributed by atoms with E-state index in [9.17, 15) is 26.7 Å². The summed E-state index contributed by atoms with van der Waals surface area (Å²) in [6.07, 6.45) is -4.76. The van der Waals surface area contributed by atoms with Gasteiger partial charge >= 0.3 is 16.4 Å². The summed E-state index contributed by atoms with van der Waals surface area (Å²) in [6.45, 7) is -1.61. The zero-order valence-corrected chi connectivity index (χ0v) is 11.8. The predicted molar refractivity (Wildman–Crippen MR) is 71.0 cm³/mol. The molecule has 0 bridgehead atoms. The molecule has 1 aliphatic heterocycles. The summed E-state index contributed by atoms with van der Waals surface area (Å²) in [4.78, 5) is 0. The molecule has 0 spiro atoms. The first kappa shape index (κ1) is 16.1. The van der Waals surface area contributed by atoms with Crippen LogP contribution in [0.2, 0.25) is 0 Å². The maximum atomic E-state index is 12.2. The lowest BCUT2D eigenvalue weighted by Crippen LogP contribution is -2.44. The van der Waals surface area contributed by atoms with Crippen molar-refractivity contribution in [2.24, 2.45) is 0 Å². The maximum absolute atomic E-state index is 12.2. The van der Waals surface area contributed by atoms with Crippen LogP contribution in [0.4, 0.5) is 18.9 Å². The number of benzene rings is 1. The molecule has 1 unspecified atom stereocenters. The van der Waals surface area contributed by atoms with Crippen molar-refractivity contribution < 1.29 is 26.7 Å². The van der Waals surface area contributed by atoms with Gasteiger partial charge in [-0.05, 0) is 18.9 Å². The van der Waals surface area contributed by atoms with Crippen molar-refractivity contribution in [1.29, 1.82) is 0 Å². The number of nitrogens with zero attached hydrogens (tertiary/aromatic N) is 1. The van der Waals surface area contributed by atoms with Gasteiger partial charge in [-0.3, -0.25) is 4.31 Å². The second kappa shape index (κ2) is 5.82. The number of rotatable bonds is 3. The first-order chi connectivity index (χ1) is 9.71. The van der Waals surface area contributed by atoms with Gasteiger partial charge in [-0.1, -0.05) is 18.2 Å². The molecule has 0 amide bonds. The molecule has 5 nitrogen and oxygen atoms in total. The number of hydrogen-bond acceptors (Lipinski definition) is 3. The number of nitrogens with one attached hydrogen (secondary N) is 1. The van der Waals surface area contributed by atoms with Crippen LogP contribution < -0.4 is 9.03 Å². The minimum absolute atomic E-state index is 0.0151. The van der Waals surface area contributed by atoms with Gasteiger partial charge in [0.1, 0.15) is 6.54 Å². The number of aliphatic hydroxyl groups excluding tert-OH is 1. The highest BCUT2D eigenvalue weighted by atomic mass is 32.2. The van der Waals surface area contributed by atoms with Crippen molar-refractivity contribution in [1.82, 2.24) is 4.72 Å². The van der Waals surface area contributed by atoms with Gasteiger partial charge in [0.15, 0.2) is 0 Å². The van der Waals surface area contributed by atoms with Gasteiger partial charge in [0.2, 0.25) is 0 Å². The monoisotopic (exact) mass is 324 g/mol. The number of hydrogen-bond donors (Lipinski definition) is 2. The fourth-order valence-electron chi connectivity index (χ4n) is 2.20. The summed E-state index contributed by atoms with van der Waals surface area (Å²) in [6, 6.07) is 6.25. The smallest absolute Gasteiger partial charge is 0.388 e. The van der Waals surface area contributed by atoms with Gasteiger partial charge in [0.05, 0.1) is 11.8 Å². The third kappa shape index (κ3) is 3.86. The lowest BCUT2D eigenvalue weighted by atomic mass is 10.1.